The molecule has 0 saturated carbocycles. The lowest BCUT2D eigenvalue weighted by molar-refractivity contribution is -0.146. The molecule has 2 aliphatic rings. The Morgan fingerprint density at radius 2 is 2.00 bits per heavy atom. The summed E-state index contributed by atoms with van der Waals surface area (Å²) < 4.78 is 26.3. The number of piperidine rings is 1. The predicted octanol–water partition coefficient (Wildman–Crippen LogP) is 2.41. The minimum absolute atomic E-state index is 0.169. The Labute approximate surface area is 123 Å². The van der Waals surface area contributed by atoms with Gasteiger partial charge in [0.05, 0.1) is 5.41 Å². The third kappa shape index (κ3) is 2.67. The third-order valence-corrected chi connectivity index (χ3v) is 4.73. The minimum Gasteiger partial charge on any atom is -0.338 e. The Hall–Kier alpha value is -1.49. The van der Waals surface area contributed by atoms with Crippen molar-refractivity contribution in [2.75, 3.05) is 26.7 Å². The molecule has 2 fully saturated rings. The first-order chi connectivity index (χ1) is 10.00. The highest BCUT2D eigenvalue weighted by atomic mass is 19.2. The molecule has 2 heterocycles. The molecule has 0 bridgehead atoms. The smallest absolute Gasteiger partial charge is 0.230 e. The van der Waals surface area contributed by atoms with Crippen molar-refractivity contribution in [1.82, 2.24) is 9.80 Å². The summed E-state index contributed by atoms with van der Waals surface area (Å²) in [5, 5.41) is 0. The number of hydrogen-bond donors (Lipinski definition) is 0. The highest BCUT2D eigenvalue weighted by Gasteiger charge is 2.47. The number of carbonyl (C=O) groups is 1. The Morgan fingerprint density at radius 1 is 1.19 bits per heavy atom. The zero-order valence-corrected chi connectivity index (χ0v) is 12.2. The number of halogens is 2. The van der Waals surface area contributed by atoms with Crippen molar-refractivity contribution in [3.63, 3.8) is 0 Å². The average Bonchev–Trinajstić information content (AvgIpc) is 2.82. The van der Waals surface area contributed by atoms with E-state index in [2.05, 4.69) is 4.90 Å². The monoisotopic (exact) mass is 294 g/mol. The lowest BCUT2D eigenvalue weighted by Crippen LogP contribution is -2.49. The molecule has 3 rings (SSSR count). The van der Waals surface area contributed by atoms with E-state index in [0.717, 1.165) is 38.4 Å². The van der Waals surface area contributed by atoms with Gasteiger partial charge in [-0.2, -0.15) is 0 Å². The minimum atomic E-state index is -0.854. The zero-order chi connectivity index (χ0) is 15.0. The average molecular weight is 294 g/mol. The van der Waals surface area contributed by atoms with E-state index in [1.807, 2.05) is 7.05 Å². The number of benzene rings is 1. The molecule has 1 atom stereocenters. The summed E-state index contributed by atoms with van der Waals surface area (Å²) in [6.45, 7) is 2.82. The molecule has 1 amide bonds. The Morgan fingerprint density at radius 3 is 2.67 bits per heavy atom. The molecule has 1 aromatic carbocycles. The van der Waals surface area contributed by atoms with Crippen LogP contribution in [0, 0.1) is 17.0 Å². The van der Waals surface area contributed by atoms with Gasteiger partial charge in [-0.3, -0.25) is 4.79 Å². The second-order valence-electron chi connectivity index (χ2n) is 6.35. The lowest BCUT2D eigenvalue weighted by Gasteiger charge is -2.39. The third-order valence-electron chi connectivity index (χ3n) is 4.73. The summed E-state index contributed by atoms with van der Waals surface area (Å²) in [6.07, 6.45) is 2.81. The molecule has 3 nitrogen and oxygen atoms in total. The van der Waals surface area contributed by atoms with Crippen molar-refractivity contribution in [2.45, 2.75) is 25.8 Å². The van der Waals surface area contributed by atoms with Crippen molar-refractivity contribution in [3.8, 4) is 0 Å². The second-order valence-corrected chi connectivity index (χ2v) is 6.35. The molecule has 5 heteroatoms. The molecule has 2 saturated heterocycles. The fourth-order valence-corrected chi connectivity index (χ4v) is 3.62. The van der Waals surface area contributed by atoms with Crippen LogP contribution < -0.4 is 0 Å². The van der Waals surface area contributed by atoms with E-state index < -0.39 is 11.6 Å². The van der Waals surface area contributed by atoms with Crippen LogP contribution >= 0.6 is 0 Å². The molecule has 1 unspecified atom stereocenters. The van der Waals surface area contributed by atoms with Crippen LogP contribution in [0.25, 0.3) is 0 Å². The normalized spacial score (nSPS) is 26.8. The molecule has 0 aliphatic carbocycles. The molecule has 2 aliphatic heterocycles. The maximum atomic E-state index is 13.3. The number of hydrogen-bond acceptors (Lipinski definition) is 2. The Kier molecular flexibility index (Phi) is 3.69. The van der Waals surface area contributed by atoms with E-state index in [0.29, 0.717) is 18.7 Å². The van der Waals surface area contributed by atoms with Crippen molar-refractivity contribution in [1.29, 1.82) is 0 Å². The van der Waals surface area contributed by atoms with E-state index in [4.69, 9.17) is 0 Å². The SMILES string of the molecule is CN1CCC2(CCCN(Cc3ccc(F)c(F)c3)C2=O)C1. The largest absolute Gasteiger partial charge is 0.338 e. The van der Waals surface area contributed by atoms with E-state index in [1.54, 1.807) is 11.0 Å². The lowest BCUT2D eigenvalue weighted by atomic mass is 9.78. The summed E-state index contributed by atoms with van der Waals surface area (Å²) in [4.78, 5) is 16.8. The first kappa shape index (κ1) is 14.4. The Balaban J connectivity index is 1.76. The van der Waals surface area contributed by atoms with Gasteiger partial charge < -0.3 is 9.80 Å². The number of likely N-dealkylation sites (tertiary alicyclic amines) is 2. The quantitative estimate of drug-likeness (QED) is 0.836. The van der Waals surface area contributed by atoms with Crippen LogP contribution in [-0.2, 0) is 11.3 Å². The van der Waals surface area contributed by atoms with E-state index in [1.165, 1.54) is 6.07 Å². The number of amides is 1. The zero-order valence-electron chi connectivity index (χ0n) is 12.2. The van der Waals surface area contributed by atoms with Gasteiger partial charge in [-0.25, -0.2) is 8.78 Å². The topological polar surface area (TPSA) is 23.6 Å². The molecule has 21 heavy (non-hydrogen) atoms. The van der Waals surface area contributed by atoms with Crippen LogP contribution in [0.4, 0.5) is 8.78 Å². The summed E-state index contributed by atoms with van der Waals surface area (Å²) in [7, 11) is 2.04. The van der Waals surface area contributed by atoms with Gasteiger partial charge in [0.1, 0.15) is 0 Å². The molecule has 0 aromatic heterocycles. The van der Waals surface area contributed by atoms with Crippen LogP contribution in [0.15, 0.2) is 18.2 Å². The highest BCUT2D eigenvalue weighted by Crippen LogP contribution is 2.39. The summed E-state index contributed by atoms with van der Waals surface area (Å²) >= 11 is 0. The maximum Gasteiger partial charge on any atom is 0.230 e. The number of nitrogens with zero attached hydrogens (tertiary/aromatic N) is 2. The van der Waals surface area contributed by atoms with E-state index in [9.17, 15) is 13.6 Å². The molecule has 1 aromatic rings. The van der Waals surface area contributed by atoms with Gasteiger partial charge in [-0.1, -0.05) is 6.07 Å². The standard InChI is InChI=1S/C16H20F2N2O/c1-19-8-6-16(11-19)5-2-7-20(15(16)21)10-12-3-4-13(17)14(18)9-12/h3-4,9H,2,5-8,10-11H2,1H3. The maximum absolute atomic E-state index is 13.3. The second kappa shape index (κ2) is 5.37. The molecule has 0 radical (unpaired) electrons. The number of carbonyl (C=O) groups excluding carboxylic acids is 1. The molecule has 114 valence electrons. The summed E-state index contributed by atoms with van der Waals surface area (Å²) in [5.41, 5.74) is 0.386. The first-order valence-corrected chi connectivity index (χ1v) is 7.42. The van der Waals surface area contributed by atoms with Crippen LogP contribution in [0.3, 0.4) is 0 Å². The van der Waals surface area contributed by atoms with Crippen LogP contribution in [-0.4, -0.2) is 42.4 Å². The highest BCUT2D eigenvalue weighted by molar-refractivity contribution is 5.84. The van der Waals surface area contributed by atoms with Crippen molar-refractivity contribution in [2.24, 2.45) is 5.41 Å². The van der Waals surface area contributed by atoms with Crippen molar-refractivity contribution >= 4 is 5.91 Å². The Bertz CT molecular complexity index is 559. The van der Waals surface area contributed by atoms with E-state index >= 15 is 0 Å². The van der Waals surface area contributed by atoms with Crippen LogP contribution in [0.5, 0.6) is 0 Å². The van der Waals surface area contributed by atoms with Crippen molar-refractivity contribution in [3.05, 3.63) is 35.4 Å². The fraction of sp³-hybridized carbons (Fsp3) is 0.562. The molecular formula is C16H20F2N2O. The van der Waals surface area contributed by atoms with Crippen molar-refractivity contribution < 1.29 is 13.6 Å². The van der Waals surface area contributed by atoms with Crippen LogP contribution in [0.1, 0.15) is 24.8 Å². The van der Waals surface area contributed by atoms with Gasteiger partial charge in [0.25, 0.3) is 0 Å². The molecule has 1 spiro atoms. The number of rotatable bonds is 2. The first-order valence-electron chi connectivity index (χ1n) is 7.42. The molecular weight excluding hydrogens is 274 g/mol. The predicted molar refractivity (Wildman–Crippen MR) is 75.6 cm³/mol. The van der Waals surface area contributed by atoms with Gasteiger partial charge in [0.15, 0.2) is 11.6 Å². The summed E-state index contributed by atoms with van der Waals surface area (Å²) in [6, 6.07) is 3.86. The van der Waals surface area contributed by atoms with Gasteiger partial charge in [0, 0.05) is 19.6 Å². The molecule has 0 N–H and O–H groups in total. The summed E-state index contributed by atoms with van der Waals surface area (Å²) in [5.74, 6) is -1.53. The van der Waals surface area contributed by atoms with Gasteiger partial charge in [0.2, 0.25) is 5.91 Å². The van der Waals surface area contributed by atoms with Crippen LogP contribution in [0.2, 0.25) is 0 Å². The fourth-order valence-electron chi connectivity index (χ4n) is 3.62. The van der Waals surface area contributed by atoms with Gasteiger partial charge in [-0.15, -0.1) is 0 Å². The van der Waals surface area contributed by atoms with Gasteiger partial charge >= 0.3 is 0 Å². The van der Waals surface area contributed by atoms with E-state index in [-0.39, 0.29) is 11.3 Å². The van der Waals surface area contributed by atoms with Gasteiger partial charge in [-0.05, 0) is 50.6 Å².